The SMILES string of the molecule is Nc1ccc(N2CCN(C(=O)Nc3ccccc3F)CC2)c(C(=O)N2CCCC2)c1. The Kier molecular flexibility index (Phi) is 5.74. The molecule has 2 aliphatic rings. The van der Waals surface area contributed by atoms with Crippen LogP contribution in [0.1, 0.15) is 23.2 Å². The molecule has 2 aromatic carbocycles. The van der Waals surface area contributed by atoms with Gasteiger partial charge in [0.25, 0.3) is 5.91 Å². The van der Waals surface area contributed by atoms with Crippen molar-refractivity contribution in [2.24, 2.45) is 0 Å². The molecule has 0 atom stereocenters. The van der Waals surface area contributed by atoms with E-state index in [4.69, 9.17) is 5.73 Å². The predicted octanol–water partition coefficient (Wildman–Crippen LogP) is 3.00. The minimum absolute atomic E-state index is 0.00882. The minimum Gasteiger partial charge on any atom is -0.399 e. The molecule has 0 saturated carbocycles. The van der Waals surface area contributed by atoms with E-state index in [-0.39, 0.29) is 17.6 Å². The maximum Gasteiger partial charge on any atom is 0.322 e. The van der Waals surface area contributed by atoms with Gasteiger partial charge in [-0.3, -0.25) is 4.79 Å². The quantitative estimate of drug-likeness (QED) is 0.761. The zero-order valence-corrected chi connectivity index (χ0v) is 16.8. The molecule has 0 spiro atoms. The average Bonchev–Trinajstić information content (AvgIpc) is 3.30. The number of likely N-dealkylation sites (tertiary alicyclic amines) is 1. The van der Waals surface area contributed by atoms with Gasteiger partial charge >= 0.3 is 6.03 Å². The molecule has 2 saturated heterocycles. The number of rotatable bonds is 3. The summed E-state index contributed by atoms with van der Waals surface area (Å²) in [6.45, 7) is 3.65. The van der Waals surface area contributed by atoms with Crippen molar-refractivity contribution < 1.29 is 14.0 Å². The number of nitrogens with one attached hydrogen (secondary N) is 1. The monoisotopic (exact) mass is 411 g/mol. The lowest BCUT2D eigenvalue weighted by atomic mass is 10.1. The van der Waals surface area contributed by atoms with Crippen LogP contribution in [0.4, 0.5) is 26.2 Å². The topological polar surface area (TPSA) is 81.9 Å². The number of nitrogens with two attached hydrogens (primary N) is 1. The Bertz CT molecular complexity index is 937. The van der Waals surface area contributed by atoms with Gasteiger partial charge < -0.3 is 25.8 Å². The summed E-state index contributed by atoms with van der Waals surface area (Å²) in [5.41, 5.74) is 8.14. The highest BCUT2D eigenvalue weighted by Crippen LogP contribution is 2.27. The zero-order valence-electron chi connectivity index (χ0n) is 16.8. The second kappa shape index (κ2) is 8.61. The van der Waals surface area contributed by atoms with E-state index in [9.17, 15) is 14.0 Å². The van der Waals surface area contributed by atoms with Gasteiger partial charge in [0, 0.05) is 50.6 Å². The predicted molar refractivity (Wildman–Crippen MR) is 115 cm³/mol. The van der Waals surface area contributed by atoms with Crippen molar-refractivity contribution in [1.29, 1.82) is 0 Å². The first-order valence-electron chi connectivity index (χ1n) is 10.3. The Morgan fingerprint density at radius 2 is 1.60 bits per heavy atom. The third-order valence-corrected chi connectivity index (χ3v) is 5.67. The van der Waals surface area contributed by atoms with Crippen LogP contribution in [0.25, 0.3) is 0 Å². The highest BCUT2D eigenvalue weighted by atomic mass is 19.1. The number of piperazine rings is 1. The van der Waals surface area contributed by atoms with Gasteiger partial charge in [0.05, 0.1) is 11.3 Å². The highest BCUT2D eigenvalue weighted by molar-refractivity contribution is 6.01. The van der Waals surface area contributed by atoms with Crippen LogP contribution in [0.15, 0.2) is 42.5 Å². The van der Waals surface area contributed by atoms with Crippen molar-refractivity contribution in [3.63, 3.8) is 0 Å². The molecular weight excluding hydrogens is 385 g/mol. The number of amides is 3. The van der Waals surface area contributed by atoms with E-state index in [1.807, 2.05) is 11.0 Å². The van der Waals surface area contributed by atoms with Crippen LogP contribution in [0.5, 0.6) is 0 Å². The van der Waals surface area contributed by atoms with Gasteiger partial charge in [0.2, 0.25) is 0 Å². The lowest BCUT2D eigenvalue weighted by molar-refractivity contribution is 0.0793. The minimum atomic E-state index is -0.462. The molecule has 0 unspecified atom stereocenters. The lowest BCUT2D eigenvalue weighted by Gasteiger charge is -2.37. The molecule has 8 heteroatoms. The summed E-state index contributed by atoms with van der Waals surface area (Å²) < 4.78 is 13.8. The molecule has 158 valence electrons. The molecule has 3 N–H and O–H groups in total. The Hall–Kier alpha value is -3.29. The molecule has 3 amide bonds. The molecule has 7 nitrogen and oxygen atoms in total. The first-order valence-corrected chi connectivity index (χ1v) is 10.3. The fourth-order valence-corrected chi connectivity index (χ4v) is 4.00. The molecular formula is C22H26FN5O2. The van der Waals surface area contributed by atoms with E-state index in [1.165, 1.54) is 12.1 Å². The number of nitrogens with zero attached hydrogens (tertiary/aromatic N) is 3. The Labute approximate surface area is 175 Å². The lowest BCUT2D eigenvalue weighted by Crippen LogP contribution is -2.50. The molecule has 2 heterocycles. The van der Waals surface area contributed by atoms with E-state index in [1.54, 1.807) is 29.2 Å². The number of carbonyl (C=O) groups excluding carboxylic acids is 2. The van der Waals surface area contributed by atoms with Crippen molar-refractivity contribution in [1.82, 2.24) is 9.80 Å². The van der Waals surface area contributed by atoms with Gasteiger partial charge in [-0.1, -0.05) is 12.1 Å². The summed E-state index contributed by atoms with van der Waals surface area (Å²) in [5, 5.41) is 2.62. The van der Waals surface area contributed by atoms with E-state index in [0.717, 1.165) is 31.6 Å². The normalized spacial score (nSPS) is 16.6. The first-order chi connectivity index (χ1) is 14.5. The number of halogens is 1. The number of nitrogen functional groups attached to an aromatic ring is 1. The van der Waals surface area contributed by atoms with Gasteiger partial charge in [0.1, 0.15) is 5.82 Å². The highest BCUT2D eigenvalue weighted by Gasteiger charge is 2.27. The molecule has 2 aliphatic heterocycles. The molecule has 2 aromatic rings. The molecule has 2 fully saturated rings. The zero-order chi connectivity index (χ0) is 21.1. The smallest absolute Gasteiger partial charge is 0.322 e. The maximum atomic E-state index is 13.8. The molecule has 4 rings (SSSR count). The van der Waals surface area contributed by atoms with Gasteiger partial charge in [-0.2, -0.15) is 0 Å². The molecule has 0 bridgehead atoms. The Morgan fingerprint density at radius 1 is 0.900 bits per heavy atom. The fourth-order valence-electron chi connectivity index (χ4n) is 4.00. The van der Waals surface area contributed by atoms with Gasteiger partial charge in [-0.25, -0.2) is 9.18 Å². The van der Waals surface area contributed by atoms with Crippen LogP contribution in [0.2, 0.25) is 0 Å². The van der Waals surface area contributed by atoms with Crippen molar-refractivity contribution in [2.75, 3.05) is 55.2 Å². The molecule has 0 aromatic heterocycles. The van der Waals surface area contributed by atoms with Gasteiger partial charge in [0.15, 0.2) is 0 Å². The van der Waals surface area contributed by atoms with Crippen LogP contribution >= 0.6 is 0 Å². The third-order valence-electron chi connectivity index (χ3n) is 5.67. The van der Waals surface area contributed by atoms with Crippen LogP contribution in [-0.4, -0.2) is 61.0 Å². The van der Waals surface area contributed by atoms with Crippen LogP contribution in [0.3, 0.4) is 0 Å². The van der Waals surface area contributed by atoms with Gasteiger partial charge in [-0.15, -0.1) is 0 Å². The van der Waals surface area contributed by atoms with Crippen molar-refractivity contribution >= 4 is 29.0 Å². The number of para-hydroxylation sites is 1. The number of anilines is 3. The molecule has 0 radical (unpaired) electrons. The first kappa shape index (κ1) is 20.0. The fraction of sp³-hybridized carbons (Fsp3) is 0.364. The van der Waals surface area contributed by atoms with Crippen LogP contribution < -0.4 is 16.0 Å². The summed E-state index contributed by atoms with van der Waals surface area (Å²) in [6.07, 6.45) is 2.05. The van der Waals surface area contributed by atoms with Gasteiger partial charge in [-0.05, 0) is 43.2 Å². The second-order valence-electron chi connectivity index (χ2n) is 7.66. The number of carbonyl (C=O) groups is 2. The third kappa shape index (κ3) is 4.17. The summed E-state index contributed by atoms with van der Waals surface area (Å²) in [7, 11) is 0. The number of hydrogen-bond acceptors (Lipinski definition) is 4. The number of urea groups is 1. The number of benzene rings is 2. The van der Waals surface area contributed by atoms with Crippen molar-refractivity contribution in [3.05, 3.63) is 53.8 Å². The maximum absolute atomic E-state index is 13.8. The summed E-state index contributed by atoms with van der Waals surface area (Å²) >= 11 is 0. The Balaban J connectivity index is 1.43. The van der Waals surface area contributed by atoms with Crippen LogP contribution in [-0.2, 0) is 0 Å². The summed E-state index contributed by atoms with van der Waals surface area (Å²) in [5.74, 6) is -0.453. The van der Waals surface area contributed by atoms with E-state index in [2.05, 4.69) is 10.2 Å². The number of hydrogen-bond donors (Lipinski definition) is 2. The van der Waals surface area contributed by atoms with E-state index >= 15 is 0 Å². The van der Waals surface area contributed by atoms with Crippen molar-refractivity contribution in [3.8, 4) is 0 Å². The van der Waals surface area contributed by atoms with E-state index < -0.39 is 5.82 Å². The Morgan fingerprint density at radius 3 is 2.30 bits per heavy atom. The summed E-state index contributed by atoms with van der Waals surface area (Å²) in [4.78, 5) is 31.1. The largest absolute Gasteiger partial charge is 0.399 e. The molecule has 0 aliphatic carbocycles. The summed E-state index contributed by atoms with van der Waals surface area (Å²) in [6, 6.07) is 11.2. The second-order valence-corrected chi connectivity index (χ2v) is 7.66. The molecule has 30 heavy (non-hydrogen) atoms. The average molecular weight is 411 g/mol. The van der Waals surface area contributed by atoms with E-state index in [0.29, 0.717) is 37.4 Å². The van der Waals surface area contributed by atoms with Crippen molar-refractivity contribution in [2.45, 2.75) is 12.8 Å². The van der Waals surface area contributed by atoms with Crippen LogP contribution in [0, 0.1) is 5.82 Å². The standard InChI is InChI=1S/C22H26FN5O2/c23-18-5-1-2-6-19(18)25-22(30)28-13-11-26(12-14-28)20-8-7-16(24)15-17(20)21(29)27-9-3-4-10-27/h1-2,5-8,15H,3-4,9-14,24H2,(H,25,30).